The second kappa shape index (κ2) is 5.04. The average Bonchev–Trinajstić information content (AvgIpc) is 3.02. The molecule has 1 aromatic carbocycles. The molecule has 0 bridgehead atoms. The fraction of sp³-hybridized carbons (Fsp3) is 0.235. The third-order valence-electron chi connectivity index (χ3n) is 4.01. The van der Waals surface area contributed by atoms with E-state index in [0.717, 1.165) is 29.3 Å². The van der Waals surface area contributed by atoms with Crippen molar-refractivity contribution in [1.29, 1.82) is 0 Å². The lowest BCUT2D eigenvalue weighted by Gasteiger charge is -2.22. The summed E-state index contributed by atoms with van der Waals surface area (Å²) in [5, 5.41) is 5.20. The summed E-state index contributed by atoms with van der Waals surface area (Å²) < 4.78 is 0. The van der Waals surface area contributed by atoms with Gasteiger partial charge < -0.3 is 9.88 Å². The van der Waals surface area contributed by atoms with E-state index in [1.54, 1.807) is 11.3 Å². The topological polar surface area (TPSA) is 36.1 Å². The fourth-order valence-electron chi connectivity index (χ4n) is 2.76. The van der Waals surface area contributed by atoms with Crippen LogP contribution >= 0.6 is 11.3 Å². The lowest BCUT2D eigenvalue weighted by atomic mass is 10.1. The Morgan fingerprint density at radius 2 is 2.19 bits per heavy atom. The molecule has 1 fully saturated rings. The minimum atomic E-state index is 0.147. The van der Waals surface area contributed by atoms with Crippen LogP contribution in [0.5, 0.6) is 0 Å². The van der Waals surface area contributed by atoms with E-state index in [2.05, 4.69) is 21.8 Å². The Morgan fingerprint density at radius 1 is 1.29 bits per heavy atom. The molecule has 4 rings (SSSR count). The Hall–Kier alpha value is -2.07. The van der Waals surface area contributed by atoms with E-state index in [1.165, 1.54) is 5.56 Å². The van der Waals surface area contributed by atoms with Crippen LogP contribution in [0.3, 0.4) is 0 Å². The standard InChI is InChI=1S/C17H16N2OS/c20-17(15-2-1-3-16-14(15)6-8-18-16)19(13-4-5-13)10-12-7-9-21-11-12/h1-3,6-9,11,13,18H,4-5,10H2. The largest absolute Gasteiger partial charge is 0.361 e. The van der Waals surface area contributed by atoms with Gasteiger partial charge in [-0.05, 0) is 53.4 Å². The Bertz CT molecular complexity index is 771. The number of benzene rings is 1. The van der Waals surface area contributed by atoms with Crippen molar-refractivity contribution in [3.8, 4) is 0 Å². The Morgan fingerprint density at radius 3 is 2.95 bits per heavy atom. The van der Waals surface area contributed by atoms with Crippen molar-refractivity contribution < 1.29 is 4.79 Å². The lowest BCUT2D eigenvalue weighted by Crippen LogP contribution is -2.32. The number of H-pyrrole nitrogens is 1. The molecular weight excluding hydrogens is 280 g/mol. The molecule has 4 heteroatoms. The number of thiophene rings is 1. The maximum atomic E-state index is 13.0. The normalized spacial score (nSPS) is 14.5. The van der Waals surface area contributed by atoms with Gasteiger partial charge in [-0.1, -0.05) is 6.07 Å². The molecule has 1 aliphatic carbocycles. The second-order valence-electron chi connectivity index (χ2n) is 5.54. The minimum absolute atomic E-state index is 0.147. The van der Waals surface area contributed by atoms with E-state index in [-0.39, 0.29) is 5.91 Å². The van der Waals surface area contributed by atoms with Crippen molar-refractivity contribution in [3.63, 3.8) is 0 Å². The molecule has 2 aromatic heterocycles. The summed E-state index contributed by atoms with van der Waals surface area (Å²) in [6.45, 7) is 0.716. The molecule has 21 heavy (non-hydrogen) atoms. The smallest absolute Gasteiger partial charge is 0.255 e. The first-order chi connectivity index (χ1) is 10.3. The summed E-state index contributed by atoms with van der Waals surface area (Å²) in [4.78, 5) is 18.2. The highest BCUT2D eigenvalue weighted by Crippen LogP contribution is 2.31. The third kappa shape index (κ3) is 2.36. The van der Waals surface area contributed by atoms with Crippen LogP contribution in [0.15, 0.2) is 47.3 Å². The molecule has 0 unspecified atom stereocenters. The summed E-state index contributed by atoms with van der Waals surface area (Å²) in [6, 6.07) is 10.4. The molecular formula is C17H16N2OS. The molecule has 1 aliphatic rings. The van der Waals surface area contributed by atoms with Gasteiger partial charge in [0.05, 0.1) is 0 Å². The highest BCUT2D eigenvalue weighted by atomic mass is 32.1. The Kier molecular flexibility index (Phi) is 3.04. The number of rotatable bonds is 4. The first kappa shape index (κ1) is 12.7. The maximum Gasteiger partial charge on any atom is 0.255 e. The van der Waals surface area contributed by atoms with E-state index in [1.807, 2.05) is 35.4 Å². The first-order valence-electron chi connectivity index (χ1n) is 7.21. The van der Waals surface area contributed by atoms with Crippen LogP contribution in [0.25, 0.3) is 10.9 Å². The van der Waals surface area contributed by atoms with Crippen LogP contribution in [-0.2, 0) is 6.54 Å². The van der Waals surface area contributed by atoms with Crippen LogP contribution in [-0.4, -0.2) is 21.8 Å². The lowest BCUT2D eigenvalue weighted by molar-refractivity contribution is 0.0732. The van der Waals surface area contributed by atoms with Crippen molar-refractivity contribution in [3.05, 3.63) is 58.4 Å². The van der Waals surface area contributed by atoms with Gasteiger partial charge in [-0.15, -0.1) is 0 Å². The number of amides is 1. The van der Waals surface area contributed by atoms with Crippen LogP contribution < -0.4 is 0 Å². The van der Waals surface area contributed by atoms with Gasteiger partial charge in [0.25, 0.3) is 5.91 Å². The monoisotopic (exact) mass is 296 g/mol. The summed E-state index contributed by atoms with van der Waals surface area (Å²) in [5.74, 6) is 0.147. The van der Waals surface area contributed by atoms with Gasteiger partial charge in [0, 0.05) is 35.2 Å². The van der Waals surface area contributed by atoms with Gasteiger partial charge >= 0.3 is 0 Å². The summed E-state index contributed by atoms with van der Waals surface area (Å²) in [5.41, 5.74) is 3.05. The van der Waals surface area contributed by atoms with E-state index in [0.29, 0.717) is 12.6 Å². The van der Waals surface area contributed by atoms with E-state index in [9.17, 15) is 4.79 Å². The zero-order chi connectivity index (χ0) is 14.2. The van der Waals surface area contributed by atoms with Gasteiger partial charge in [-0.3, -0.25) is 4.79 Å². The van der Waals surface area contributed by atoms with E-state index < -0.39 is 0 Å². The molecule has 106 valence electrons. The molecule has 2 heterocycles. The summed E-state index contributed by atoms with van der Waals surface area (Å²) in [7, 11) is 0. The molecule has 0 aliphatic heterocycles. The number of aromatic nitrogens is 1. The van der Waals surface area contributed by atoms with Crippen LogP contribution in [0.2, 0.25) is 0 Å². The van der Waals surface area contributed by atoms with E-state index in [4.69, 9.17) is 0 Å². The zero-order valence-electron chi connectivity index (χ0n) is 11.6. The van der Waals surface area contributed by atoms with Crippen LogP contribution in [0, 0.1) is 0 Å². The van der Waals surface area contributed by atoms with E-state index >= 15 is 0 Å². The first-order valence-corrected chi connectivity index (χ1v) is 8.15. The third-order valence-corrected chi connectivity index (χ3v) is 4.74. The molecule has 1 N–H and O–H groups in total. The molecule has 3 aromatic rings. The number of aromatic amines is 1. The molecule has 0 saturated heterocycles. The number of hydrogen-bond donors (Lipinski definition) is 1. The molecule has 0 radical (unpaired) electrons. The fourth-order valence-corrected chi connectivity index (χ4v) is 3.42. The molecule has 1 amide bonds. The van der Waals surface area contributed by atoms with Gasteiger partial charge in [0.1, 0.15) is 0 Å². The van der Waals surface area contributed by atoms with Crippen molar-refractivity contribution in [2.24, 2.45) is 0 Å². The van der Waals surface area contributed by atoms with Crippen molar-refractivity contribution in [1.82, 2.24) is 9.88 Å². The molecule has 0 spiro atoms. The molecule has 3 nitrogen and oxygen atoms in total. The SMILES string of the molecule is O=C(c1cccc2[nH]ccc12)N(Cc1ccsc1)C1CC1. The van der Waals surface area contributed by atoms with Crippen molar-refractivity contribution in [2.75, 3.05) is 0 Å². The predicted octanol–water partition coefficient (Wildman–Crippen LogP) is 4.03. The highest BCUT2D eigenvalue weighted by Gasteiger charge is 2.33. The van der Waals surface area contributed by atoms with Gasteiger partial charge in [0.2, 0.25) is 0 Å². The summed E-state index contributed by atoms with van der Waals surface area (Å²) >= 11 is 1.68. The van der Waals surface area contributed by atoms with Gasteiger partial charge in [-0.2, -0.15) is 11.3 Å². The van der Waals surface area contributed by atoms with Crippen molar-refractivity contribution >= 4 is 28.1 Å². The second-order valence-corrected chi connectivity index (χ2v) is 6.32. The summed E-state index contributed by atoms with van der Waals surface area (Å²) in [6.07, 6.45) is 4.14. The Balaban J connectivity index is 1.69. The number of fused-ring (bicyclic) bond motifs is 1. The highest BCUT2D eigenvalue weighted by molar-refractivity contribution is 7.07. The number of nitrogens with one attached hydrogen (secondary N) is 1. The number of carbonyl (C=O) groups excluding carboxylic acids is 1. The number of hydrogen-bond acceptors (Lipinski definition) is 2. The molecule has 1 saturated carbocycles. The zero-order valence-corrected chi connectivity index (χ0v) is 12.4. The maximum absolute atomic E-state index is 13.0. The minimum Gasteiger partial charge on any atom is -0.361 e. The average molecular weight is 296 g/mol. The van der Waals surface area contributed by atoms with Crippen LogP contribution in [0.4, 0.5) is 0 Å². The quantitative estimate of drug-likeness (QED) is 0.775. The number of carbonyl (C=O) groups is 1. The predicted molar refractivity (Wildman–Crippen MR) is 85.5 cm³/mol. The van der Waals surface area contributed by atoms with Crippen molar-refractivity contribution in [2.45, 2.75) is 25.4 Å². The Labute approximate surface area is 127 Å². The van der Waals surface area contributed by atoms with Gasteiger partial charge in [-0.25, -0.2) is 0 Å². The molecule has 0 atom stereocenters. The van der Waals surface area contributed by atoms with Gasteiger partial charge in [0.15, 0.2) is 0 Å². The number of nitrogens with zero attached hydrogens (tertiary/aromatic N) is 1. The van der Waals surface area contributed by atoms with Crippen LogP contribution in [0.1, 0.15) is 28.8 Å².